The molecule has 1 saturated heterocycles. The van der Waals surface area contributed by atoms with Gasteiger partial charge in [-0.15, -0.1) is 0 Å². The van der Waals surface area contributed by atoms with Crippen LogP contribution in [-0.4, -0.2) is 46.7 Å². The van der Waals surface area contributed by atoms with Gasteiger partial charge in [0.2, 0.25) is 5.91 Å². The Morgan fingerprint density at radius 1 is 1.20 bits per heavy atom. The van der Waals surface area contributed by atoms with Crippen molar-refractivity contribution in [2.24, 2.45) is 0 Å². The van der Waals surface area contributed by atoms with E-state index in [4.69, 9.17) is 0 Å². The number of Topliss-reactive ketones (excluding diaryl/α,β-unsaturated/α-hetero) is 2. The van der Waals surface area contributed by atoms with Crippen LogP contribution in [0.15, 0.2) is 35.4 Å². The molecule has 0 aromatic heterocycles. The molecular formula is C20H23NO4. The zero-order valence-corrected chi connectivity index (χ0v) is 14.5. The molecule has 0 radical (unpaired) electrons. The van der Waals surface area contributed by atoms with Gasteiger partial charge in [-0.3, -0.25) is 14.4 Å². The minimum atomic E-state index is -0.102. The van der Waals surface area contributed by atoms with Crippen LogP contribution in [0.2, 0.25) is 0 Å². The van der Waals surface area contributed by atoms with Crippen molar-refractivity contribution in [2.45, 2.75) is 45.1 Å². The van der Waals surface area contributed by atoms with Gasteiger partial charge in [-0.05, 0) is 32.6 Å². The number of fused-ring (bicyclic) bond motifs is 1. The van der Waals surface area contributed by atoms with Crippen molar-refractivity contribution in [3.05, 3.63) is 46.5 Å². The monoisotopic (exact) mass is 341 g/mol. The molecule has 3 rings (SSSR count). The normalized spacial score (nSPS) is 20.2. The molecule has 1 aromatic carbocycles. The first-order chi connectivity index (χ1) is 12.0. The molecule has 132 valence electrons. The minimum Gasteiger partial charge on any atom is -0.394 e. The molecule has 5 nitrogen and oxygen atoms in total. The Balaban J connectivity index is 1.65. The minimum absolute atomic E-state index is 0.000225. The fourth-order valence-corrected chi connectivity index (χ4v) is 3.77. The van der Waals surface area contributed by atoms with E-state index in [1.807, 2.05) is 0 Å². The fourth-order valence-electron chi connectivity index (χ4n) is 3.77. The molecule has 0 unspecified atom stereocenters. The smallest absolute Gasteiger partial charge is 0.222 e. The number of allylic oxidation sites excluding steroid dienone is 2. The van der Waals surface area contributed by atoms with Gasteiger partial charge in [0.15, 0.2) is 11.6 Å². The summed E-state index contributed by atoms with van der Waals surface area (Å²) >= 11 is 0. The molecule has 1 heterocycles. The molecule has 1 aromatic rings. The highest BCUT2D eigenvalue weighted by atomic mass is 16.3. The van der Waals surface area contributed by atoms with Crippen LogP contribution in [0.5, 0.6) is 0 Å². The maximum absolute atomic E-state index is 12.7. The molecule has 1 aliphatic heterocycles. The standard InChI is InChI=1S/C20H23NO4/c1-13-15(20(25)17-8-3-2-7-16(17)19(13)24)9-4-10-18(23)21-11-5-6-14(21)12-22/h2-3,7-8,14,22H,4-6,9-12H2,1H3/t14-/m0/s1. The number of nitrogens with zero attached hydrogens (tertiary/aromatic N) is 1. The first kappa shape index (κ1) is 17.5. The fraction of sp³-hybridized carbons (Fsp3) is 0.450. The Kier molecular flexibility index (Phi) is 5.13. The second kappa shape index (κ2) is 7.31. The van der Waals surface area contributed by atoms with E-state index in [0.29, 0.717) is 48.1 Å². The molecule has 0 saturated carbocycles. The predicted molar refractivity (Wildman–Crippen MR) is 93.5 cm³/mol. The Hall–Kier alpha value is -2.27. The number of rotatable bonds is 5. The number of benzene rings is 1. The SMILES string of the molecule is CC1=C(CCCC(=O)N2CCC[C@H]2CO)C(=O)c2ccccc2C1=O. The van der Waals surface area contributed by atoms with Crippen molar-refractivity contribution < 1.29 is 19.5 Å². The average Bonchev–Trinajstić information content (AvgIpc) is 3.11. The Bertz CT molecular complexity index is 750. The highest BCUT2D eigenvalue weighted by Crippen LogP contribution is 2.29. The highest BCUT2D eigenvalue weighted by Gasteiger charge is 2.30. The van der Waals surface area contributed by atoms with Crippen molar-refractivity contribution >= 4 is 17.5 Å². The van der Waals surface area contributed by atoms with Crippen LogP contribution in [0.4, 0.5) is 0 Å². The molecule has 1 aliphatic carbocycles. The lowest BCUT2D eigenvalue weighted by molar-refractivity contribution is -0.132. The van der Waals surface area contributed by atoms with Gasteiger partial charge >= 0.3 is 0 Å². The van der Waals surface area contributed by atoms with E-state index < -0.39 is 0 Å². The van der Waals surface area contributed by atoms with Crippen molar-refractivity contribution in [2.75, 3.05) is 13.2 Å². The van der Waals surface area contributed by atoms with Gasteiger partial charge < -0.3 is 10.0 Å². The van der Waals surface area contributed by atoms with E-state index in [1.165, 1.54) is 0 Å². The molecule has 0 bridgehead atoms. The maximum atomic E-state index is 12.7. The summed E-state index contributed by atoms with van der Waals surface area (Å²) in [5, 5.41) is 9.32. The molecule has 25 heavy (non-hydrogen) atoms. The van der Waals surface area contributed by atoms with Crippen LogP contribution in [0.3, 0.4) is 0 Å². The summed E-state index contributed by atoms with van der Waals surface area (Å²) in [4.78, 5) is 39.2. The van der Waals surface area contributed by atoms with Crippen LogP contribution in [-0.2, 0) is 4.79 Å². The summed E-state index contributed by atoms with van der Waals surface area (Å²) in [7, 11) is 0. The van der Waals surface area contributed by atoms with Gasteiger partial charge in [0, 0.05) is 35.2 Å². The number of ketones is 2. The maximum Gasteiger partial charge on any atom is 0.222 e. The van der Waals surface area contributed by atoms with E-state index >= 15 is 0 Å². The van der Waals surface area contributed by atoms with E-state index in [0.717, 1.165) is 12.8 Å². The Morgan fingerprint density at radius 2 is 1.88 bits per heavy atom. The number of hydrogen-bond donors (Lipinski definition) is 1. The van der Waals surface area contributed by atoms with Crippen LogP contribution in [0.1, 0.15) is 59.7 Å². The van der Waals surface area contributed by atoms with Gasteiger partial charge in [-0.25, -0.2) is 0 Å². The van der Waals surface area contributed by atoms with E-state index in [9.17, 15) is 19.5 Å². The third-order valence-electron chi connectivity index (χ3n) is 5.21. The molecule has 5 heteroatoms. The second-order valence-corrected chi connectivity index (χ2v) is 6.73. The third-order valence-corrected chi connectivity index (χ3v) is 5.21. The summed E-state index contributed by atoms with van der Waals surface area (Å²) < 4.78 is 0. The zero-order valence-electron chi connectivity index (χ0n) is 14.5. The first-order valence-corrected chi connectivity index (χ1v) is 8.83. The van der Waals surface area contributed by atoms with Crippen LogP contribution in [0.25, 0.3) is 0 Å². The largest absolute Gasteiger partial charge is 0.394 e. The van der Waals surface area contributed by atoms with Crippen molar-refractivity contribution in [3.63, 3.8) is 0 Å². The van der Waals surface area contributed by atoms with E-state index in [-0.39, 0.29) is 30.1 Å². The van der Waals surface area contributed by atoms with Gasteiger partial charge in [0.05, 0.1) is 12.6 Å². The number of likely N-dealkylation sites (tertiary alicyclic amines) is 1. The molecular weight excluding hydrogens is 318 g/mol. The van der Waals surface area contributed by atoms with Crippen LogP contribution < -0.4 is 0 Å². The number of amides is 1. The summed E-state index contributed by atoms with van der Waals surface area (Å²) in [6, 6.07) is 6.81. The highest BCUT2D eigenvalue weighted by molar-refractivity contribution is 6.26. The molecule has 0 spiro atoms. The van der Waals surface area contributed by atoms with Gasteiger partial charge in [-0.2, -0.15) is 0 Å². The van der Waals surface area contributed by atoms with E-state index in [2.05, 4.69) is 0 Å². The number of carbonyl (C=O) groups is 3. The number of aliphatic hydroxyl groups excluding tert-OH is 1. The van der Waals surface area contributed by atoms with Gasteiger partial charge in [0.1, 0.15) is 0 Å². The molecule has 1 fully saturated rings. The average molecular weight is 341 g/mol. The number of carbonyl (C=O) groups excluding carboxylic acids is 3. The zero-order chi connectivity index (χ0) is 18.0. The summed E-state index contributed by atoms with van der Waals surface area (Å²) in [6.45, 7) is 2.38. The Morgan fingerprint density at radius 3 is 2.56 bits per heavy atom. The van der Waals surface area contributed by atoms with Gasteiger partial charge in [0.25, 0.3) is 0 Å². The summed E-state index contributed by atoms with van der Waals surface area (Å²) in [5.41, 5.74) is 1.94. The lowest BCUT2D eigenvalue weighted by Crippen LogP contribution is -2.37. The number of hydrogen-bond acceptors (Lipinski definition) is 4. The van der Waals surface area contributed by atoms with Crippen molar-refractivity contribution in [1.29, 1.82) is 0 Å². The first-order valence-electron chi connectivity index (χ1n) is 8.83. The van der Waals surface area contributed by atoms with Crippen LogP contribution in [0, 0.1) is 0 Å². The van der Waals surface area contributed by atoms with Gasteiger partial charge in [-0.1, -0.05) is 24.3 Å². The Labute approximate surface area is 147 Å². The third kappa shape index (κ3) is 3.29. The van der Waals surface area contributed by atoms with Crippen molar-refractivity contribution in [3.8, 4) is 0 Å². The lowest BCUT2D eigenvalue weighted by atomic mass is 9.83. The summed E-state index contributed by atoms with van der Waals surface area (Å²) in [6.07, 6.45) is 3.05. The lowest BCUT2D eigenvalue weighted by Gasteiger charge is -2.23. The molecule has 1 amide bonds. The topological polar surface area (TPSA) is 74.7 Å². The predicted octanol–water partition coefficient (Wildman–Crippen LogP) is 2.54. The van der Waals surface area contributed by atoms with E-state index in [1.54, 1.807) is 36.1 Å². The molecule has 2 aliphatic rings. The molecule has 1 N–H and O–H groups in total. The summed E-state index contributed by atoms with van der Waals surface area (Å²) in [5.74, 6) is -0.184. The number of aliphatic hydroxyl groups is 1. The van der Waals surface area contributed by atoms with Crippen molar-refractivity contribution in [1.82, 2.24) is 4.90 Å². The second-order valence-electron chi connectivity index (χ2n) is 6.73. The molecule has 1 atom stereocenters. The van der Waals surface area contributed by atoms with Crippen LogP contribution >= 0.6 is 0 Å². The quantitative estimate of drug-likeness (QED) is 0.893.